The molecule has 1 aromatic rings. The van der Waals surface area contributed by atoms with Crippen LogP contribution in [0, 0.1) is 0 Å². The standard InChI is InChI=1S/C13H22N2O2S/c1-12(2,3)10-14-9(8-18-10)7-15(6)13(4,5)11(16)17/h8H,7H2,1-6H3,(H,16,17). The van der Waals surface area contributed by atoms with E-state index < -0.39 is 11.5 Å². The summed E-state index contributed by atoms with van der Waals surface area (Å²) >= 11 is 1.63. The summed E-state index contributed by atoms with van der Waals surface area (Å²) in [6.45, 7) is 10.3. The normalized spacial score (nSPS) is 13.1. The second-order valence-corrected chi connectivity index (χ2v) is 6.97. The van der Waals surface area contributed by atoms with Crippen LogP contribution in [0.5, 0.6) is 0 Å². The molecule has 1 aromatic heterocycles. The van der Waals surface area contributed by atoms with E-state index in [1.54, 1.807) is 30.1 Å². The molecule has 0 radical (unpaired) electrons. The number of rotatable bonds is 4. The monoisotopic (exact) mass is 270 g/mol. The lowest BCUT2D eigenvalue weighted by Gasteiger charge is -2.30. The molecule has 0 saturated heterocycles. The van der Waals surface area contributed by atoms with Gasteiger partial charge >= 0.3 is 5.97 Å². The van der Waals surface area contributed by atoms with Crippen LogP contribution in [0.3, 0.4) is 0 Å². The Morgan fingerprint density at radius 3 is 2.33 bits per heavy atom. The highest BCUT2D eigenvalue weighted by atomic mass is 32.1. The van der Waals surface area contributed by atoms with Crippen LogP contribution in [0.4, 0.5) is 0 Å². The van der Waals surface area contributed by atoms with Crippen molar-refractivity contribution in [1.29, 1.82) is 0 Å². The van der Waals surface area contributed by atoms with E-state index in [4.69, 9.17) is 5.11 Å². The molecule has 0 unspecified atom stereocenters. The molecule has 4 nitrogen and oxygen atoms in total. The number of aliphatic carboxylic acids is 1. The Balaban J connectivity index is 2.80. The second-order valence-electron chi connectivity index (χ2n) is 6.11. The lowest BCUT2D eigenvalue weighted by atomic mass is 9.98. The van der Waals surface area contributed by atoms with Gasteiger partial charge in [0.25, 0.3) is 0 Å². The molecule has 0 aliphatic rings. The van der Waals surface area contributed by atoms with E-state index in [9.17, 15) is 4.79 Å². The van der Waals surface area contributed by atoms with Crippen LogP contribution in [-0.4, -0.2) is 33.5 Å². The summed E-state index contributed by atoms with van der Waals surface area (Å²) in [5.41, 5.74) is 0.0942. The van der Waals surface area contributed by atoms with Gasteiger partial charge < -0.3 is 5.11 Å². The molecule has 0 saturated carbocycles. The first-order chi connectivity index (χ1) is 8.05. The topological polar surface area (TPSA) is 53.4 Å². The summed E-state index contributed by atoms with van der Waals surface area (Å²) < 4.78 is 0. The summed E-state index contributed by atoms with van der Waals surface area (Å²) in [6, 6.07) is 0. The molecule has 0 bridgehead atoms. The minimum absolute atomic E-state index is 0.0454. The van der Waals surface area contributed by atoms with E-state index in [1.165, 1.54) is 0 Å². The van der Waals surface area contributed by atoms with Crippen LogP contribution < -0.4 is 0 Å². The first-order valence-electron chi connectivity index (χ1n) is 5.94. The van der Waals surface area contributed by atoms with Gasteiger partial charge in [0.15, 0.2) is 0 Å². The molecule has 1 N–H and O–H groups in total. The van der Waals surface area contributed by atoms with Crippen LogP contribution in [-0.2, 0) is 16.8 Å². The average molecular weight is 270 g/mol. The van der Waals surface area contributed by atoms with Gasteiger partial charge in [-0.3, -0.25) is 9.69 Å². The van der Waals surface area contributed by atoms with E-state index in [1.807, 2.05) is 12.4 Å². The van der Waals surface area contributed by atoms with Gasteiger partial charge in [-0.05, 0) is 20.9 Å². The number of carboxylic acids is 1. The Hall–Kier alpha value is -0.940. The molecule has 102 valence electrons. The molecule has 0 atom stereocenters. The van der Waals surface area contributed by atoms with E-state index in [0.29, 0.717) is 6.54 Å². The number of thiazole rings is 1. The van der Waals surface area contributed by atoms with Crippen molar-refractivity contribution in [2.24, 2.45) is 0 Å². The summed E-state index contributed by atoms with van der Waals surface area (Å²) in [5, 5.41) is 12.3. The molecule has 0 aliphatic carbocycles. The van der Waals surface area contributed by atoms with Crippen molar-refractivity contribution < 1.29 is 9.90 Å². The van der Waals surface area contributed by atoms with Gasteiger partial charge in [-0.2, -0.15) is 0 Å². The highest BCUT2D eigenvalue weighted by molar-refractivity contribution is 7.09. The van der Waals surface area contributed by atoms with Crippen molar-refractivity contribution in [2.45, 2.75) is 52.1 Å². The zero-order valence-corrected chi connectivity index (χ0v) is 12.8. The fraction of sp³-hybridized carbons (Fsp3) is 0.692. The van der Waals surface area contributed by atoms with Crippen LogP contribution >= 0.6 is 11.3 Å². The highest BCUT2D eigenvalue weighted by Crippen LogP contribution is 2.26. The van der Waals surface area contributed by atoms with E-state index in [-0.39, 0.29) is 5.41 Å². The van der Waals surface area contributed by atoms with Gasteiger partial charge in [0.2, 0.25) is 0 Å². The van der Waals surface area contributed by atoms with E-state index in [0.717, 1.165) is 10.7 Å². The van der Waals surface area contributed by atoms with Crippen molar-refractivity contribution in [3.05, 3.63) is 16.1 Å². The van der Waals surface area contributed by atoms with Crippen molar-refractivity contribution in [2.75, 3.05) is 7.05 Å². The molecule has 0 amide bonds. The number of hydrogen-bond donors (Lipinski definition) is 1. The Bertz CT molecular complexity index is 432. The Morgan fingerprint density at radius 2 is 1.94 bits per heavy atom. The quantitative estimate of drug-likeness (QED) is 0.914. The summed E-state index contributed by atoms with van der Waals surface area (Å²) in [7, 11) is 1.81. The second kappa shape index (κ2) is 4.97. The Morgan fingerprint density at radius 1 is 1.39 bits per heavy atom. The summed E-state index contributed by atoms with van der Waals surface area (Å²) in [5.74, 6) is -0.823. The number of carbonyl (C=O) groups is 1. The number of likely N-dealkylation sites (N-methyl/N-ethyl adjacent to an activating group) is 1. The number of carboxylic acid groups (broad SMARTS) is 1. The fourth-order valence-electron chi connectivity index (χ4n) is 1.33. The number of aromatic nitrogens is 1. The van der Waals surface area contributed by atoms with Crippen molar-refractivity contribution in [3.63, 3.8) is 0 Å². The highest BCUT2D eigenvalue weighted by Gasteiger charge is 2.32. The maximum atomic E-state index is 11.2. The predicted molar refractivity (Wildman–Crippen MR) is 74.0 cm³/mol. The van der Waals surface area contributed by atoms with Crippen molar-refractivity contribution in [1.82, 2.24) is 9.88 Å². The van der Waals surface area contributed by atoms with Crippen LogP contribution in [0.2, 0.25) is 0 Å². The third-order valence-electron chi connectivity index (χ3n) is 3.07. The SMILES string of the molecule is CN(Cc1csc(C(C)(C)C)n1)C(C)(C)C(=O)O. The molecule has 0 fully saturated rings. The minimum Gasteiger partial charge on any atom is -0.480 e. The first-order valence-corrected chi connectivity index (χ1v) is 6.82. The maximum absolute atomic E-state index is 11.2. The molecule has 18 heavy (non-hydrogen) atoms. The zero-order chi connectivity index (χ0) is 14.1. The molecular formula is C13H22N2O2S. The van der Waals surface area contributed by atoms with Gasteiger partial charge in [-0.15, -0.1) is 11.3 Å². The maximum Gasteiger partial charge on any atom is 0.323 e. The molecule has 0 aromatic carbocycles. The Kier molecular flexibility index (Phi) is 4.18. The number of hydrogen-bond acceptors (Lipinski definition) is 4. The number of nitrogens with zero attached hydrogens (tertiary/aromatic N) is 2. The average Bonchev–Trinajstić information content (AvgIpc) is 2.65. The zero-order valence-electron chi connectivity index (χ0n) is 11.9. The third-order valence-corrected chi connectivity index (χ3v) is 4.39. The molecule has 1 rings (SSSR count). The largest absolute Gasteiger partial charge is 0.480 e. The lowest BCUT2D eigenvalue weighted by molar-refractivity contribution is -0.148. The summed E-state index contributed by atoms with van der Waals surface area (Å²) in [4.78, 5) is 17.5. The fourth-order valence-corrected chi connectivity index (χ4v) is 2.23. The van der Waals surface area contributed by atoms with Crippen molar-refractivity contribution >= 4 is 17.3 Å². The molecule has 0 aliphatic heterocycles. The van der Waals surface area contributed by atoms with Gasteiger partial charge in [0, 0.05) is 17.3 Å². The molecule has 5 heteroatoms. The van der Waals surface area contributed by atoms with E-state index in [2.05, 4.69) is 25.8 Å². The minimum atomic E-state index is -0.883. The van der Waals surface area contributed by atoms with Crippen LogP contribution in [0.1, 0.15) is 45.3 Å². The van der Waals surface area contributed by atoms with Crippen molar-refractivity contribution in [3.8, 4) is 0 Å². The lowest BCUT2D eigenvalue weighted by Crippen LogP contribution is -2.47. The van der Waals surface area contributed by atoms with Gasteiger partial charge in [0.1, 0.15) is 5.54 Å². The predicted octanol–water partition coefficient (Wildman–Crippen LogP) is 2.74. The van der Waals surface area contributed by atoms with Gasteiger partial charge in [-0.25, -0.2) is 4.98 Å². The molecule has 1 heterocycles. The van der Waals surface area contributed by atoms with E-state index >= 15 is 0 Å². The molecule has 0 spiro atoms. The smallest absolute Gasteiger partial charge is 0.323 e. The van der Waals surface area contributed by atoms with Crippen LogP contribution in [0.25, 0.3) is 0 Å². The first kappa shape index (κ1) is 15.1. The molecular weight excluding hydrogens is 248 g/mol. The van der Waals surface area contributed by atoms with Gasteiger partial charge in [0.05, 0.1) is 10.7 Å². The van der Waals surface area contributed by atoms with Crippen LogP contribution in [0.15, 0.2) is 5.38 Å². The summed E-state index contributed by atoms with van der Waals surface area (Å²) in [6.07, 6.45) is 0. The Labute approximate surface area is 113 Å². The third kappa shape index (κ3) is 3.29. The van der Waals surface area contributed by atoms with Gasteiger partial charge in [-0.1, -0.05) is 20.8 Å².